The predicted octanol–water partition coefficient (Wildman–Crippen LogP) is 3.48. The monoisotopic (exact) mass is 449 g/mol. The van der Waals surface area contributed by atoms with E-state index in [0.717, 1.165) is 27.6 Å². The van der Waals surface area contributed by atoms with Crippen LogP contribution in [-0.4, -0.2) is 39.5 Å². The van der Waals surface area contributed by atoms with Gasteiger partial charge in [-0.15, -0.1) is 0 Å². The van der Waals surface area contributed by atoms with Gasteiger partial charge in [-0.25, -0.2) is 25.6 Å². The van der Waals surface area contributed by atoms with Crippen molar-refractivity contribution in [1.29, 1.82) is 0 Å². The summed E-state index contributed by atoms with van der Waals surface area (Å²) in [4.78, 5) is 0.0144. The second-order valence-corrected chi connectivity index (χ2v) is 11.1. The lowest BCUT2D eigenvalue weighted by molar-refractivity contribution is 0.309. The Morgan fingerprint density at radius 2 is 1.03 bits per heavy atom. The Balaban J connectivity index is 1.49. The molecule has 3 aromatic carbocycles. The summed E-state index contributed by atoms with van der Waals surface area (Å²) in [5.41, 5.74) is 1.48. The minimum Gasteiger partial charge on any atom is -0.223 e. The van der Waals surface area contributed by atoms with E-state index in [9.17, 15) is 25.6 Å². The maximum absolute atomic E-state index is 13.1. The van der Waals surface area contributed by atoms with Crippen molar-refractivity contribution < 1.29 is 25.6 Å². The summed E-state index contributed by atoms with van der Waals surface area (Å²) >= 11 is 0. The summed E-state index contributed by atoms with van der Waals surface area (Å²) in [6.45, 7) is -0.330. The molecular weight excluding hydrogens is 432 g/mol. The lowest BCUT2D eigenvalue weighted by Crippen LogP contribution is -2.56. The van der Waals surface area contributed by atoms with Crippen molar-refractivity contribution in [2.75, 3.05) is 13.1 Å². The number of rotatable bonds is 5. The van der Waals surface area contributed by atoms with E-state index in [1.165, 1.54) is 36.4 Å². The number of benzene rings is 3. The minimum absolute atomic E-state index is 0.0328. The van der Waals surface area contributed by atoms with E-state index in [4.69, 9.17) is 0 Å². The zero-order valence-electron chi connectivity index (χ0n) is 15.6. The Labute approximate surface area is 173 Å². The minimum atomic E-state index is -3.84. The molecule has 5 nitrogen and oxygen atoms in total. The number of halogens is 2. The van der Waals surface area contributed by atoms with Crippen LogP contribution in [0.25, 0.3) is 11.1 Å². The first-order valence-electron chi connectivity index (χ1n) is 9.03. The highest BCUT2D eigenvalue weighted by Crippen LogP contribution is 2.30. The average molecular weight is 450 g/mol. The number of nitrogens with zero attached hydrogens (tertiary/aromatic N) is 1. The Bertz CT molecular complexity index is 1270. The van der Waals surface area contributed by atoms with E-state index in [0.29, 0.717) is 0 Å². The smallest absolute Gasteiger partial charge is 0.223 e. The van der Waals surface area contributed by atoms with Gasteiger partial charge < -0.3 is 0 Å². The first kappa shape index (κ1) is 20.6. The maximum Gasteiger partial charge on any atom is 0.243 e. The molecule has 0 atom stereocenters. The van der Waals surface area contributed by atoms with Crippen LogP contribution in [0.15, 0.2) is 82.6 Å². The molecule has 0 unspecified atom stereocenters. The van der Waals surface area contributed by atoms with Crippen molar-refractivity contribution in [2.24, 2.45) is 0 Å². The molecular formula is C21H17F2NO4S2. The van der Waals surface area contributed by atoms with Gasteiger partial charge in [0.25, 0.3) is 0 Å². The van der Waals surface area contributed by atoms with Gasteiger partial charge in [0, 0.05) is 13.1 Å². The topological polar surface area (TPSA) is 71.5 Å². The van der Waals surface area contributed by atoms with Crippen molar-refractivity contribution in [3.05, 3.63) is 84.4 Å². The third kappa shape index (κ3) is 3.76. The molecule has 1 heterocycles. The van der Waals surface area contributed by atoms with Crippen molar-refractivity contribution in [2.45, 2.75) is 15.0 Å². The molecule has 0 radical (unpaired) electrons. The third-order valence-corrected chi connectivity index (χ3v) is 9.02. The highest BCUT2D eigenvalue weighted by Gasteiger charge is 2.44. The number of sulfone groups is 1. The van der Waals surface area contributed by atoms with Crippen LogP contribution >= 0.6 is 0 Å². The molecule has 0 spiro atoms. The van der Waals surface area contributed by atoms with Gasteiger partial charge in [-0.3, -0.25) is 0 Å². The summed E-state index contributed by atoms with van der Waals surface area (Å²) in [6, 6.07) is 16.4. The van der Waals surface area contributed by atoms with E-state index in [1.807, 2.05) is 0 Å². The summed E-state index contributed by atoms with van der Waals surface area (Å²) < 4.78 is 78.0. The van der Waals surface area contributed by atoms with Crippen LogP contribution in [0.3, 0.4) is 0 Å². The fourth-order valence-electron chi connectivity index (χ4n) is 3.22. The lowest BCUT2D eigenvalue weighted by atomic mass is 10.1. The van der Waals surface area contributed by atoms with Crippen LogP contribution in [0, 0.1) is 11.6 Å². The fourth-order valence-corrected chi connectivity index (χ4v) is 6.59. The van der Waals surface area contributed by atoms with Crippen LogP contribution in [0.1, 0.15) is 0 Å². The molecule has 0 N–H and O–H groups in total. The Kier molecular flexibility index (Phi) is 5.21. The van der Waals surface area contributed by atoms with Crippen molar-refractivity contribution in [1.82, 2.24) is 4.31 Å². The fraction of sp³-hybridized carbons (Fsp3) is 0.143. The SMILES string of the molecule is O=S(=O)(c1ccc(F)cc1)C1CN(S(=O)(=O)c2ccc(-c3ccc(F)cc3)cc2)C1. The molecule has 1 aliphatic rings. The van der Waals surface area contributed by atoms with E-state index in [2.05, 4.69) is 0 Å². The van der Waals surface area contributed by atoms with Crippen LogP contribution < -0.4 is 0 Å². The van der Waals surface area contributed by atoms with Crippen LogP contribution in [0.5, 0.6) is 0 Å². The summed E-state index contributed by atoms with van der Waals surface area (Å²) in [5, 5.41) is -0.878. The second-order valence-electron chi connectivity index (χ2n) is 6.97. The number of hydrogen-bond acceptors (Lipinski definition) is 4. The van der Waals surface area contributed by atoms with Gasteiger partial charge in [-0.1, -0.05) is 24.3 Å². The van der Waals surface area contributed by atoms with Crippen molar-refractivity contribution in [3.63, 3.8) is 0 Å². The van der Waals surface area contributed by atoms with Gasteiger partial charge in [0.15, 0.2) is 9.84 Å². The van der Waals surface area contributed by atoms with Gasteiger partial charge in [0.2, 0.25) is 10.0 Å². The maximum atomic E-state index is 13.1. The molecule has 1 saturated heterocycles. The highest BCUT2D eigenvalue weighted by molar-refractivity contribution is 7.92. The molecule has 1 aliphatic heterocycles. The summed E-state index contributed by atoms with van der Waals surface area (Å²) in [7, 11) is -7.59. The number of hydrogen-bond donors (Lipinski definition) is 0. The first-order valence-corrected chi connectivity index (χ1v) is 12.0. The molecule has 4 rings (SSSR count). The molecule has 1 fully saturated rings. The van der Waals surface area contributed by atoms with Gasteiger partial charge in [0.05, 0.1) is 15.0 Å². The normalized spacial score (nSPS) is 15.7. The first-order chi connectivity index (χ1) is 14.2. The van der Waals surface area contributed by atoms with E-state index in [1.54, 1.807) is 24.3 Å². The molecule has 30 heavy (non-hydrogen) atoms. The summed E-state index contributed by atoms with van der Waals surface area (Å²) in [6.07, 6.45) is 0. The van der Waals surface area contributed by atoms with E-state index in [-0.39, 0.29) is 28.7 Å². The molecule has 3 aromatic rings. The molecule has 0 aliphatic carbocycles. The van der Waals surface area contributed by atoms with E-state index < -0.39 is 30.9 Å². The third-order valence-electron chi connectivity index (χ3n) is 5.07. The molecule has 0 aromatic heterocycles. The molecule has 156 valence electrons. The predicted molar refractivity (Wildman–Crippen MR) is 108 cm³/mol. The molecule has 0 bridgehead atoms. The zero-order chi connectivity index (χ0) is 21.5. The Hall–Kier alpha value is -2.62. The largest absolute Gasteiger partial charge is 0.243 e. The highest BCUT2D eigenvalue weighted by atomic mass is 32.2. The molecule has 0 saturated carbocycles. The second kappa shape index (κ2) is 7.57. The van der Waals surface area contributed by atoms with Crippen molar-refractivity contribution >= 4 is 19.9 Å². The van der Waals surface area contributed by atoms with Gasteiger partial charge in [-0.05, 0) is 59.7 Å². The Morgan fingerprint density at radius 3 is 1.53 bits per heavy atom. The quantitative estimate of drug-likeness (QED) is 0.559. The number of sulfonamides is 1. The standard InChI is InChI=1S/C21H17F2NO4S2/c22-17-5-1-15(2-6-17)16-3-9-20(10-4-16)30(27,28)24-13-21(14-24)29(25,26)19-11-7-18(23)8-12-19/h1-12,21H,13-14H2. The van der Waals surface area contributed by atoms with Gasteiger partial charge in [0.1, 0.15) is 11.6 Å². The van der Waals surface area contributed by atoms with Crippen LogP contribution in [0.2, 0.25) is 0 Å². The average Bonchev–Trinajstić information content (AvgIpc) is 2.67. The molecule has 9 heteroatoms. The lowest BCUT2D eigenvalue weighted by Gasteiger charge is -2.37. The summed E-state index contributed by atoms with van der Waals surface area (Å²) in [5.74, 6) is -0.906. The van der Waals surface area contributed by atoms with Crippen molar-refractivity contribution in [3.8, 4) is 11.1 Å². The van der Waals surface area contributed by atoms with Gasteiger partial charge in [-0.2, -0.15) is 4.31 Å². The Morgan fingerprint density at radius 1 is 0.633 bits per heavy atom. The van der Waals surface area contributed by atoms with Gasteiger partial charge >= 0.3 is 0 Å². The van der Waals surface area contributed by atoms with Crippen LogP contribution in [-0.2, 0) is 19.9 Å². The molecule has 0 amide bonds. The van der Waals surface area contributed by atoms with E-state index >= 15 is 0 Å². The van der Waals surface area contributed by atoms with Crippen LogP contribution in [0.4, 0.5) is 8.78 Å². The zero-order valence-corrected chi connectivity index (χ0v) is 17.2.